The first kappa shape index (κ1) is 15.8. The zero-order valence-electron chi connectivity index (χ0n) is 4.94. The van der Waals surface area contributed by atoms with E-state index in [9.17, 15) is 0 Å². The molecule has 0 rings (SSSR count). The normalized spacial score (nSPS) is 5.14. The van der Waals surface area contributed by atoms with Gasteiger partial charge in [0.05, 0.1) is 0 Å². The van der Waals surface area contributed by atoms with Crippen LogP contribution in [-0.4, -0.2) is 11.5 Å². The molecule has 0 aliphatic heterocycles. The predicted molar refractivity (Wildman–Crippen MR) is 35.8 cm³/mol. The van der Waals surface area contributed by atoms with Gasteiger partial charge in [0.1, 0.15) is 0 Å². The largest absolute Gasteiger partial charge is 2.00 e. The minimum atomic E-state index is 0. The van der Waals surface area contributed by atoms with E-state index >= 15 is 0 Å². The Labute approximate surface area is 70.0 Å². The molecule has 0 aromatic rings. The number of hydrogen-bond donors (Lipinski definition) is 0. The van der Waals surface area contributed by atoms with Gasteiger partial charge < -0.3 is 25.3 Å². The van der Waals surface area contributed by atoms with Crippen molar-refractivity contribution in [2.45, 2.75) is 13.8 Å². The summed E-state index contributed by atoms with van der Waals surface area (Å²) in [6.45, 7) is 3.88. The van der Waals surface area contributed by atoms with Crippen LogP contribution in [0.15, 0.2) is 0 Å². The van der Waals surface area contributed by atoms with Crippen molar-refractivity contribution in [3.05, 3.63) is 0 Å². The fourth-order valence-electron chi connectivity index (χ4n) is 0. The number of hydrogen-bond acceptors (Lipinski definition) is 2. The topological polar surface area (TPSA) is 0 Å². The molecule has 40 valence electrons. The molecule has 0 unspecified atom stereocenters. The minimum absolute atomic E-state index is 0. The van der Waals surface area contributed by atoms with E-state index in [1.54, 1.807) is 0 Å². The van der Waals surface area contributed by atoms with Gasteiger partial charge in [0.2, 0.25) is 0 Å². The molecule has 0 bridgehead atoms. The molecule has 0 heterocycles. The predicted octanol–water partition coefficient (Wildman–Crippen LogP) is 1.10. The second-order valence-electron chi connectivity index (χ2n) is 0.577. The van der Waals surface area contributed by atoms with Gasteiger partial charge >= 0.3 is 19.5 Å². The van der Waals surface area contributed by atoms with Gasteiger partial charge in [-0.15, -0.1) is 0 Å². The Hall–Kier alpha value is 1.32. The summed E-state index contributed by atoms with van der Waals surface area (Å²) in [5, 5.41) is 0. The molecule has 0 fully saturated rings. The van der Waals surface area contributed by atoms with E-state index in [2.05, 4.69) is 25.3 Å². The van der Waals surface area contributed by atoms with E-state index in [1.807, 2.05) is 13.8 Å². The fraction of sp³-hybridized carbons (Fsp3) is 1.00. The van der Waals surface area contributed by atoms with Crippen LogP contribution in [-0.2, 0) is 44.7 Å². The van der Waals surface area contributed by atoms with Crippen molar-refractivity contribution >= 4 is 25.3 Å². The van der Waals surface area contributed by atoms with Gasteiger partial charge in [0.15, 0.2) is 0 Å². The molecular formula is C4H10S2Zn. The van der Waals surface area contributed by atoms with E-state index in [4.69, 9.17) is 0 Å². The second kappa shape index (κ2) is 26.5. The molecule has 0 aliphatic rings. The van der Waals surface area contributed by atoms with Gasteiger partial charge in [-0.2, -0.15) is 11.5 Å². The summed E-state index contributed by atoms with van der Waals surface area (Å²) in [7, 11) is 0. The smallest absolute Gasteiger partial charge is 0.793 e. The third-order valence-corrected chi connectivity index (χ3v) is 0. The molecule has 0 saturated heterocycles. The summed E-state index contributed by atoms with van der Waals surface area (Å²) in [6, 6.07) is 0. The average molecular weight is 188 g/mol. The SMILES string of the molecule is CC[S-].CC[S-].[Zn+2]. The summed E-state index contributed by atoms with van der Waals surface area (Å²) < 4.78 is 0. The van der Waals surface area contributed by atoms with Crippen molar-refractivity contribution < 1.29 is 19.5 Å². The third kappa shape index (κ3) is 119. The molecule has 0 spiro atoms. The summed E-state index contributed by atoms with van der Waals surface area (Å²) in [5.41, 5.74) is 0. The Bertz CT molecular complexity index is 11.7. The second-order valence-corrected chi connectivity index (χ2v) is 1.73. The van der Waals surface area contributed by atoms with Crippen molar-refractivity contribution in [2.75, 3.05) is 11.5 Å². The summed E-state index contributed by atoms with van der Waals surface area (Å²) in [6.07, 6.45) is 0. The monoisotopic (exact) mass is 186 g/mol. The molecule has 0 atom stereocenters. The van der Waals surface area contributed by atoms with Crippen LogP contribution in [0.1, 0.15) is 13.8 Å². The Morgan fingerprint density at radius 3 is 1.00 bits per heavy atom. The third-order valence-electron chi connectivity index (χ3n) is 0. The van der Waals surface area contributed by atoms with Gasteiger partial charge in [0, 0.05) is 0 Å². The maximum absolute atomic E-state index is 4.39. The van der Waals surface area contributed by atoms with Crippen molar-refractivity contribution in [3.8, 4) is 0 Å². The standard InChI is InChI=1S/2C2H6S.Zn/c2*1-2-3;/h2*3H,2H2,1H3;/q;;+2/p-2. The molecule has 0 aliphatic carbocycles. The molecule has 0 aromatic carbocycles. The maximum Gasteiger partial charge on any atom is 2.00 e. The first-order valence-corrected chi connectivity index (χ1v) is 3.15. The van der Waals surface area contributed by atoms with Gasteiger partial charge in [-0.3, -0.25) is 0 Å². The Kier molecular flexibility index (Phi) is 59.7. The van der Waals surface area contributed by atoms with Crippen LogP contribution >= 0.6 is 0 Å². The molecule has 0 saturated carbocycles. The zero-order chi connectivity index (χ0) is 5.41. The maximum atomic E-state index is 4.39. The summed E-state index contributed by atoms with van der Waals surface area (Å²) >= 11 is 8.79. The van der Waals surface area contributed by atoms with Crippen LogP contribution in [0.2, 0.25) is 0 Å². The molecule has 7 heavy (non-hydrogen) atoms. The Morgan fingerprint density at radius 1 is 1.00 bits per heavy atom. The zero-order valence-corrected chi connectivity index (χ0v) is 9.54. The van der Waals surface area contributed by atoms with E-state index in [0.29, 0.717) is 0 Å². The van der Waals surface area contributed by atoms with Crippen LogP contribution in [0.5, 0.6) is 0 Å². The van der Waals surface area contributed by atoms with E-state index in [-0.39, 0.29) is 19.5 Å². The van der Waals surface area contributed by atoms with E-state index < -0.39 is 0 Å². The summed E-state index contributed by atoms with van der Waals surface area (Å²) in [5.74, 6) is 1.67. The molecule has 0 aromatic heterocycles. The van der Waals surface area contributed by atoms with E-state index in [1.165, 1.54) is 0 Å². The first-order chi connectivity index (χ1) is 2.83. The van der Waals surface area contributed by atoms with Gasteiger partial charge in [0.25, 0.3) is 0 Å². The van der Waals surface area contributed by atoms with Gasteiger partial charge in [-0.1, -0.05) is 13.8 Å². The Morgan fingerprint density at radius 2 is 1.00 bits per heavy atom. The molecule has 3 heteroatoms. The molecule has 0 N–H and O–H groups in total. The first-order valence-electron chi connectivity index (χ1n) is 1.99. The van der Waals surface area contributed by atoms with Crippen LogP contribution in [0.3, 0.4) is 0 Å². The van der Waals surface area contributed by atoms with Crippen molar-refractivity contribution in [2.24, 2.45) is 0 Å². The quantitative estimate of drug-likeness (QED) is 0.412. The van der Waals surface area contributed by atoms with Crippen LogP contribution < -0.4 is 0 Å². The molecule has 0 amide bonds. The average Bonchev–Trinajstić information content (AvgIpc) is 1.39. The van der Waals surface area contributed by atoms with Crippen LogP contribution in [0, 0.1) is 0 Å². The molecular weight excluding hydrogens is 178 g/mol. The van der Waals surface area contributed by atoms with Crippen molar-refractivity contribution in [1.82, 2.24) is 0 Å². The molecule has 0 radical (unpaired) electrons. The van der Waals surface area contributed by atoms with Crippen molar-refractivity contribution in [3.63, 3.8) is 0 Å². The minimum Gasteiger partial charge on any atom is -0.793 e. The van der Waals surface area contributed by atoms with Crippen molar-refractivity contribution in [1.29, 1.82) is 0 Å². The van der Waals surface area contributed by atoms with Gasteiger partial charge in [-0.25, -0.2) is 0 Å². The number of rotatable bonds is 0. The van der Waals surface area contributed by atoms with Crippen LogP contribution in [0.25, 0.3) is 0 Å². The molecule has 0 nitrogen and oxygen atoms in total. The van der Waals surface area contributed by atoms with Gasteiger partial charge in [-0.05, 0) is 0 Å². The Balaban J connectivity index is -0.0000000400. The fourth-order valence-corrected chi connectivity index (χ4v) is 0. The van der Waals surface area contributed by atoms with E-state index in [0.717, 1.165) is 11.5 Å². The van der Waals surface area contributed by atoms with Crippen LogP contribution in [0.4, 0.5) is 0 Å². The summed E-state index contributed by atoms with van der Waals surface area (Å²) in [4.78, 5) is 0.